The molecule has 2 unspecified atom stereocenters. The third-order valence-corrected chi connectivity index (χ3v) is 4.06. The number of nitrogens with one attached hydrogen (secondary N) is 1. The van der Waals surface area contributed by atoms with Crippen molar-refractivity contribution in [1.29, 1.82) is 0 Å². The van der Waals surface area contributed by atoms with E-state index in [2.05, 4.69) is 11.6 Å². The van der Waals surface area contributed by atoms with Crippen molar-refractivity contribution in [2.24, 2.45) is 5.92 Å². The summed E-state index contributed by atoms with van der Waals surface area (Å²) in [4.78, 5) is 0. The molecule has 0 spiro atoms. The van der Waals surface area contributed by atoms with E-state index in [4.69, 9.17) is 4.74 Å². The van der Waals surface area contributed by atoms with Gasteiger partial charge in [-0.2, -0.15) is 0 Å². The first kappa shape index (κ1) is 11.9. The van der Waals surface area contributed by atoms with Crippen LogP contribution in [0, 0.1) is 5.92 Å². The zero-order chi connectivity index (χ0) is 10.6. The fourth-order valence-corrected chi connectivity index (χ4v) is 2.39. The van der Waals surface area contributed by atoms with Crippen molar-refractivity contribution in [3.8, 4) is 0 Å². The molecule has 0 aromatic rings. The molecule has 1 aliphatic heterocycles. The van der Waals surface area contributed by atoms with Gasteiger partial charge in [0.15, 0.2) is 0 Å². The number of ether oxygens (including phenoxy) is 1. The second kappa shape index (κ2) is 5.09. The molecule has 5 heteroatoms. The molecule has 0 aromatic carbocycles. The van der Waals surface area contributed by atoms with E-state index in [9.17, 15) is 8.42 Å². The molecule has 0 aromatic heterocycles. The molecule has 1 rings (SSSR count). The highest BCUT2D eigenvalue weighted by molar-refractivity contribution is 7.89. The van der Waals surface area contributed by atoms with Crippen molar-refractivity contribution in [3.63, 3.8) is 0 Å². The molecule has 14 heavy (non-hydrogen) atoms. The van der Waals surface area contributed by atoms with Crippen molar-refractivity contribution in [1.82, 2.24) is 4.72 Å². The number of rotatable bonds is 5. The van der Waals surface area contributed by atoms with Crippen LogP contribution in [-0.4, -0.2) is 33.4 Å². The van der Waals surface area contributed by atoms with E-state index in [0.717, 1.165) is 19.4 Å². The minimum atomic E-state index is -3.04. The van der Waals surface area contributed by atoms with Crippen LogP contribution >= 0.6 is 0 Å². The Hall–Kier alpha value is -0.130. The fourth-order valence-electron chi connectivity index (χ4n) is 1.71. The molecule has 1 fully saturated rings. The number of hydrogen-bond acceptors (Lipinski definition) is 3. The number of hydrogen-bond donors (Lipinski definition) is 1. The van der Waals surface area contributed by atoms with Gasteiger partial charge in [0.25, 0.3) is 0 Å². The van der Waals surface area contributed by atoms with Gasteiger partial charge in [0, 0.05) is 19.1 Å². The zero-order valence-corrected chi connectivity index (χ0v) is 9.64. The Balaban J connectivity index is 2.38. The third-order valence-electron chi connectivity index (χ3n) is 2.69. The quantitative estimate of drug-likeness (QED) is 0.745. The Morgan fingerprint density at radius 1 is 1.43 bits per heavy atom. The molecule has 0 amide bonds. The topological polar surface area (TPSA) is 55.4 Å². The van der Waals surface area contributed by atoms with Gasteiger partial charge >= 0.3 is 0 Å². The summed E-state index contributed by atoms with van der Waals surface area (Å²) in [6.07, 6.45) is 2.15. The lowest BCUT2D eigenvalue weighted by molar-refractivity contribution is 0.0884. The van der Waals surface area contributed by atoms with Gasteiger partial charge in [-0.1, -0.05) is 6.92 Å². The van der Waals surface area contributed by atoms with E-state index in [0.29, 0.717) is 12.5 Å². The molecule has 0 saturated carbocycles. The molecule has 0 aliphatic carbocycles. The summed E-state index contributed by atoms with van der Waals surface area (Å²) in [6.45, 7) is 4.99. The smallest absolute Gasteiger partial charge is 0.211 e. The molecule has 1 aliphatic rings. The Labute approximate surface area is 86.1 Å². The Morgan fingerprint density at radius 2 is 2.14 bits per heavy atom. The maximum absolute atomic E-state index is 11.2. The molecule has 0 radical (unpaired) electrons. The minimum Gasteiger partial charge on any atom is -0.378 e. The van der Waals surface area contributed by atoms with E-state index in [1.807, 2.05) is 0 Å². The summed E-state index contributed by atoms with van der Waals surface area (Å²) in [5.74, 6) is 0.499. The Kier molecular flexibility index (Phi) is 4.34. The van der Waals surface area contributed by atoms with Crippen LogP contribution in [-0.2, 0) is 14.8 Å². The standard InChI is InChI=1S/C9H19NO3S/c1-3-9-8(5-6-13-9)7-10-14(11,12)4-2/h8-10H,3-7H2,1-2H3. The van der Waals surface area contributed by atoms with Crippen LogP contribution in [0.25, 0.3) is 0 Å². The van der Waals surface area contributed by atoms with E-state index in [-0.39, 0.29) is 11.9 Å². The molecule has 84 valence electrons. The highest BCUT2D eigenvalue weighted by Gasteiger charge is 2.27. The molecule has 2 atom stereocenters. The van der Waals surface area contributed by atoms with Gasteiger partial charge < -0.3 is 4.74 Å². The normalized spacial score (nSPS) is 28.1. The van der Waals surface area contributed by atoms with Gasteiger partial charge in [-0.25, -0.2) is 13.1 Å². The largest absolute Gasteiger partial charge is 0.378 e. The van der Waals surface area contributed by atoms with Crippen LogP contribution in [0.5, 0.6) is 0 Å². The van der Waals surface area contributed by atoms with Gasteiger partial charge in [-0.3, -0.25) is 0 Å². The van der Waals surface area contributed by atoms with E-state index < -0.39 is 10.0 Å². The van der Waals surface area contributed by atoms with Crippen LogP contribution < -0.4 is 4.72 Å². The third kappa shape index (κ3) is 3.22. The molecule has 1 saturated heterocycles. The first-order valence-corrected chi connectivity index (χ1v) is 6.83. The van der Waals surface area contributed by atoms with Gasteiger partial charge in [-0.15, -0.1) is 0 Å². The SMILES string of the molecule is CCC1OCCC1CNS(=O)(=O)CC. The lowest BCUT2D eigenvalue weighted by atomic mass is 10.0. The summed E-state index contributed by atoms with van der Waals surface area (Å²) in [5, 5.41) is 0. The van der Waals surface area contributed by atoms with Gasteiger partial charge in [0.05, 0.1) is 11.9 Å². The monoisotopic (exact) mass is 221 g/mol. The molecular weight excluding hydrogens is 202 g/mol. The second-order valence-electron chi connectivity index (χ2n) is 3.62. The van der Waals surface area contributed by atoms with Crippen LogP contribution in [0.3, 0.4) is 0 Å². The lowest BCUT2D eigenvalue weighted by Crippen LogP contribution is -2.33. The minimum absolute atomic E-state index is 0.150. The van der Waals surface area contributed by atoms with Crippen LogP contribution in [0.1, 0.15) is 26.7 Å². The Bertz CT molecular complexity index is 263. The molecule has 0 bridgehead atoms. The average molecular weight is 221 g/mol. The van der Waals surface area contributed by atoms with Crippen molar-refractivity contribution in [2.45, 2.75) is 32.8 Å². The van der Waals surface area contributed by atoms with E-state index in [1.54, 1.807) is 6.92 Å². The second-order valence-corrected chi connectivity index (χ2v) is 5.71. The maximum atomic E-state index is 11.2. The van der Waals surface area contributed by atoms with Crippen LogP contribution in [0.4, 0.5) is 0 Å². The van der Waals surface area contributed by atoms with Crippen molar-refractivity contribution < 1.29 is 13.2 Å². The van der Waals surface area contributed by atoms with Crippen molar-refractivity contribution in [2.75, 3.05) is 18.9 Å². The summed E-state index contributed by atoms with van der Waals surface area (Å²) < 4.78 is 30.5. The van der Waals surface area contributed by atoms with E-state index >= 15 is 0 Å². The van der Waals surface area contributed by atoms with Crippen LogP contribution in [0.15, 0.2) is 0 Å². The summed E-state index contributed by atoms with van der Waals surface area (Å²) in [5.41, 5.74) is 0. The predicted molar refractivity (Wildman–Crippen MR) is 55.6 cm³/mol. The molecular formula is C9H19NO3S. The van der Waals surface area contributed by atoms with Crippen LogP contribution in [0.2, 0.25) is 0 Å². The van der Waals surface area contributed by atoms with Gasteiger partial charge in [-0.05, 0) is 19.8 Å². The number of sulfonamides is 1. The maximum Gasteiger partial charge on any atom is 0.211 e. The average Bonchev–Trinajstić information content (AvgIpc) is 2.62. The summed E-state index contributed by atoms with van der Waals surface area (Å²) in [6, 6.07) is 0. The summed E-state index contributed by atoms with van der Waals surface area (Å²) in [7, 11) is -3.04. The Morgan fingerprint density at radius 3 is 2.71 bits per heavy atom. The van der Waals surface area contributed by atoms with Crippen molar-refractivity contribution in [3.05, 3.63) is 0 Å². The molecule has 4 nitrogen and oxygen atoms in total. The molecule has 1 heterocycles. The van der Waals surface area contributed by atoms with Gasteiger partial charge in [0.1, 0.15) is 0 Å². The zero-order valence-electron chi connectivity index (χ0n) is 8.82. The molecule has 1 N–H and O–H groups in total. The lowest BCUT2D eigenvalue weighted by Gasteiger charge is -2.16. The highest BCUT2D eigenvalue weighted by atomic mass is 32.2. The van der Waals surface area contributed by atoms with Gasteiger partial charge in [0.2, 0.25) is 10.0 Å². The first-order valence-electron chi connectivity index (χ1n) is 5.18. The van der Waals surface area contributed by atoms with Crippen molar-refractivity contribution >= 4 is 10.0 Å². The predicted octanol–water partition coefficient (Wildman–Crippen LogP) is 0.741. The fraction of sp³-hybridized carbons (Fsp3) is 1.00. The summed E-state index contributed by atoms with van der Waals surface area (Å²) >= 11 is 0. The van der Waals surface area contributed by atoms with E-state index in [1.165, 1.54) is 0 Å². The first-order chi connectivity index (χ1) is 6.59. The highest BCUT2D eigenvalue weighted by Crippen LogP contribution is 2.22.